The van der Waals surface area contributed by atoms with E-state index in [1.807, 2.05) is 18.2 Å². The lowest BCUT2D eigenvalue weighted by atomic mass is 10.0. The Morgan fingerprint density at radius 2 is 1.80 bits per heavy atom. The summed E-state index contributed by atoms with van der Waals surface area (Å²) in [6.45, 7) is 0.932. The smallest absolute Gasteiger partial charge is 0.261 e. The summed E-state index contributed by atoms with van der Waals surface area (Å²) in [6.07, 6.45) is 1.90. The van der Waals surface area contributed by atoms with Crippen molar-refractivity contribution in [2.75, 3.05) is 16.6 Å². The fourth-order valence-electron chi connectivity index (χ4n) is 2.41. The second-order valence-electron chi connectivity index (χ2n) is 4.78. The molecule has 4 nitrogen and oxygen atoms in total. The molecule has 0 amide bonds. The van der Waals surface area contributed by atoms with E-state index in [0.717, 1.165) is 30.6 Å². The number of nitrogens with one attached hydrogen (secondary N) is 2. The molecular weight excluding hydrogens is 272 g/mol. The number of rotatable bonds is 3. The predicted octanol–water partition coefficient (Wildman–Crippen LogP) is 2.85. The fraction of sp³-hybridized carbons (Fsp3) is 0.200. The fourth-order valence-corrected chi connectivity index (χ4v) is 3.52. The van der Waals surface area contributed by atoms with Gasteiger partial charge in [0.25, 0.3) is 10.0 Å². The minimum atomic E-state index is -3.52. The normalized spacial score (nSPS) is 14.2. The van der Waals surface area contributed by atoms with Crippen LogP contribution in [0.1, 0.15) is 12.0 Å². The van der Waals surface area contributed by atoms with Crippen LogP contribution in [0.5, 0.6) is 0 Å². The van der Waals surface area contributed by atoms with Crippen LogP contribution in [0.4, 0.5) is 11.4 Å². The Labute approximate surface area is 118 Å². The van der Waals surface area contributed by atoms with Crippen LogP contribution in [0, 0.1) is 0 Å². The van der Waals surface area contributed by atoms with Gasteiger partial charge in [0.2, 0.25) is 0 Å². The van der Waals surface area contributed by atoms with Gasteiger partial charge < -0.3 is 5.32 Å². The standard InChI is InChI=1S/C15H16N2O2S/c18-20(19,12-6-2-1-3-7-12)17-15-10-4-9-14-13(15)8-5-11-16-14/h1-4,6-7,9-10,16-17H,5,8,11H2. The Morgan fingerprint density at radius 1 is 1.00 bits per heavy atom. The first-order valence-electron chi connectivity index (χ1n) is 6.60. The monoisotopic (exact) mass is 288 g/mol. The zero-order valence-electron chi connectivity index (χ0n) is 11.0. The molecule has 2 aromatic rings. The van der Waals surface area contributed by atoms with Crippen molar-refractivity contribution in [2.45, 2.75) is 17.7 Å². The molecule has 0 atom stereocenters. The molecule has 0 unspecified atom stereocenters. The third-order valence-corrected chi connectivity index (χ3v) is 4.77. The summed E-state index contributed by atoms with van der Waals surface area (Å²) in [6, 6.07) is 14.1. The van der Waals surface area contributed by atoms with Gasteiger partial charge in [0, 0.05) is 12.2 Å². The minimum absolute atomic E-state index is 0.279. The summed E-state index contributed by atoms with van der Waals surface area (Å²) in [7, 11) is -3.52. The highest BCUT2D eigenvalue weighted by molar-refractivity contribution is 7.92. The predicted molar refractivity (Wildman–Crippen MR) is 80.5 cm³/mol. The van der Waals surface area contributed by atoms with Crippen LogP contribution in [0.2, 0.25) is 0 Å². The first-order chi connectivity index (χ1) is 9.67. The summed E-state index contributed by atoms with van der Waals surface area (Å²) in [5.74, 6) is 0. The van der Waals surface area contributed by atoms with Crippen molar-refractivity contribution in [3.8, 4) is 0 Å². The highest BCUT2D eigenvalue weighted by Crippen LogP contribution is 2.30. The maximum Gasteiger partial charge on any atom is 0.261 e. The molecule has 0 fully saturated rings. The number of fused-ring (bicyclic) bond motifs is 1. The Hall–Kier alpha value is -2.01. The maximum atomic E-state index is 12.4. The zero-order valence-corrected chi connectivity index (χ0v) is 11.8. The van der Waals surface area contributed by atoms with Gasteiger partial charge in [0.1, 0.15) is 0 Å². The summed E-state index contributed by atoms with van der Waals surface area (Å²) >= 11 is 0. The molecule has 2 N–H and O–H groups in total. The van der Waals surface area contributed by atoms with Crippen LogP contribution in [-0.2, 0) is 16.4 Å². The average molecular weight is 288 g/mol. The summed E-state index contributed by atoms with van der Waals surface area (Å²) in [4.78, 5) is 0.279. The Morgan fingerprint density at radius 3 is 2.60 bits per heavy atom. The van der Waals surface area contributed by atoms with Crippen LogP contribution in [0.3, 0.4) is 0 Å². The summed E-state index contributed by atoms with van der Waals surface area (Å²) in [5.41, 5.74) is 2.72. The van der Waals surface area contributed by atoms with E-state index >= 15 is 0 Å². The van der Waals surface area contributed by atoms with E-state index in [2.05, 4.69) is 10.0 Å². The third-order valence-electron chi connectivity index (χ3n) is 3.39. The molecule has 1 aliphatic rings. The molecule has 0 saturated heterocycles. The van der Waals surface area contributed by atoms with Gasteiger partial charge in [-0.3, -0.25) is 4.72 Å². The van der Waals surface area contributed by atoms with Gasteiger partial charge in [0.05, 0.1) is 10.6 Å². The minimum Gasteiger partial charge on any atom is -0.385 e. The molecular formula is C15H16N2O2S. The van der Waals surface area contributed by atoms with Crippen molar-refractivity contribution < 1.29 is 8.42 Å². The molecule has 2 aromatic carbocycles. The maximum absolute atomic E-state index is 12.4. The van der Waals surface area contributed by atoms with Gasteiger partial charge in [-0.15, -0.1) is 0 Å². The second kappa shape index (κ2) is 5.17. The van der Waals surface area contributed by atoms with Crippen molar-refractivity contribution in [1.82, 2.24) is 0 Å². The number of hydrogen-bond acceptors (Lipinski definition) is 3. The van der Waals surface area contributed by atoms with E-state index in [0.29, 0.717) is 5.69 Å². The molecule has 0 saturated carbocycles. The van der Waals surface area contributed by atoms with Crippen LogP contribution < -0.4 is 10.0 Å². The van der Waals surface area contributed by atoms with Crippen molar-refractivity contribution in [2.24, 2.45) is 0 Å². The molecule has 0 radical (unpaired) electrons. The van der Waals surface area contributed by atoms with Gasteiger partial charge in [-0.1, -0.05) is 24.3 Å². The van der Waals surface area contributed by atoms with Crippen molar-refractivity contribution in [1.29, 1.82) is 0 Å². The van der Waals surface area contributed by atoms with Gasteiger partial charge in [0.15, 0.2) is 0 Å². The molecule has 0 bridgehead atoms. The zero-order chi connectivity index (χ0) is 14.0. The van der Waals surface area contributed by atoms with E-state index in [4.69, 9.17) is 0 Å². The lowest BCUT2D eigenvalue weighted by Gasteiger charge is -2.21. The molecule has 0 aliphatic carbocycles. The highest BCUT2D eigenvalue weighted by Gasteiger charge is 2.18. The van der Waals surface area contributed by atoms with E-state index in [1.54, 1.807) is 30.3 Å². The van der Waals surface area contributed by atoms with Crippen LogP contribution in [0.15, 0.2) is 53.4 Å². The van der Waals surface area contributed by atoms with Crippen molar-refractivity contribution in [3.63, 3.8) is 0 Å². The Kier molecular flexibility index (Phi) is 3.36. The van der Waals surface area contributed by atoms with E-state index in [-0.39, 0.29) is 4.90 Å². The van der Waals surface area contributed by atoms with Gasteiger partial charge in [-0.2, -0.15) is 0 Å². The molecule has 5 heteroatoms. The number of anilines is 2. The van der Waals surface area contributed by atoms with E-state index < -0.39 is 10.0 Å². The largest absolute Gasteiger partial charge is 0.385 e. The molecule has 104 valence electrons. The quantitative estimate of drug-likeness (QED) is 0.913. The van der Waals surface area contributed by atoms with Crippen LogP contribution >= 0.6 is 0 Å². The third kappa shape index (κ3) is 2.49. The molecule has 3 rings (SSSR count). The number of benzene rings is 2. The topological polar surface area (TPSA) is 58.2 Å². The molecule has 1 heterocycles. The Balaban J connectivity index is 1.96. The molecule has 0 aromatic heterocycles. The first-order valence-corrected chi connectivity index (χ1v) is 8.09. The average Bonchev–Trinajstić information content (AvgIpc) is 2.48. The van der Waals surface area contributed by atoms with Crippen LogP contribution in [-0.4, -0.2) is 15.0 Å². The van der Waals surface area contributed by atoms with Gasteiger partial charge >= 0.3 is 0 Å². The van der Waals surface area contributed by atoms with Crippen LogP contribution in [0.25, 0.3) is 0 Å². The second-order valence-corrected chi connectivity index (χ2v) is 6.46. The number of hydrogen-bond donors (Lipinski definition) is 2. The lowest BCUT2D eigenvalue weighted by Crippen LogP contribution is -2.17. The first kappa shape index (κ1) is 13.0. The van der Waals surface area contributed by atoms with E-state index in [9.17, 15) is 8.42 Å². The summed E-state index contributed by atoms with van der Waals surface area (Å²) in [5, 5.41) is 3.29. The SMILES string of the molecule is O=S(=O)(Nc1cccc2c1CCCN2)c1ccccc1. The van der Waals surface area contributed by atoms with Crippen molar-refractivity contribution >= 4 is 21.4 Å². The Bertz CT molecular complexity index is 712. The lowest BCUT2D eigenvalue weighted by molar-refractivity contribution is 0.601. The van der Waals surface area contributed by atoms with Gasteiger partial charge in [-0.25, -0.2) is 8.42 Å². The van der Waals surface area contributed by atoms with Gasteiger partial charge in [-0.05, 0) is 42.7 Å². The molecule has 1 aliphatic heterocycles. The highest BCUT2D eigenvalue weighted by atomic mass is 32.2. The number of sulfonamides is 1. The summed E-state index contributed by atoms with van der Waals surface area (Å²) < 4.78 is 27.4. The molecule has 0 spiro atoms. The molecule has 20 heavy (non-hydrogen) atoms. The van der Waals surface area contributed by atoms with Crippen molar-refractivity contribution in [3.05, 3.63) is 54.1 Å². The van der Waals surface area contributed by atoms with E-state index in [1.165, 1.54) is 0 Å².